The lowest BCUT2D eigenvalue weighted by atomic mass is 10.2. The maximum Gasteiger partial charge on any atom is 0.273 e. The molecule has 1 fully saturated rings. The van der Waals surface area contributed by atoms with Crippen molar-refractivity contribution in [3.8, 4) is 23.0 Å². The summed E-state index contributed by atoms with van der Waals surface area (Å²) in [5, 5.41) is 0.547. The van der Waals surface area contributed by atoms with Crippen LogP contribution in [0.15, 0.2) is 36.4 Å². The van der Waals surface area contributed by atoms with Crippen LogP contribution in [0.1, 0.15) is 12.8 Å². The van der Waals surface area contributed by atoms with Crippen molar-refractivity contribution in [2.45, 2.75) is 25.0 Å². The Morgan fingerprint density at radius 3 is 2.69 bits per heavy atom. The number of aromatic nitrogens is 1. The zero-order valence-corrected chi connectivity index (χ0v) is 18.7. The summed E-state index contributed by atoms with van der Waals surface area (Å²) in [5.41, 5.74) is 0.656. The number of rotatable bonds is 6. The third-order valence-corrected chi connectivity index (χ3v) is 6.68. The largest absolute Gasteiger partial charge is 0.495 e. The highest BCUT2D eigenvalue weighted by Crippen LogP contribution is 2.41. The molecule has 8 nitrogen and oxygen atoms in total. The first-order chi connectivity index (χ1) is 15.7. The summed E-state index contributed by atoms with van der Waals surface area (Å²) in [7, 11) is 3.21. The summed E-state index contributed by atoms with van der Waals surface area (Å²) in [6, 6.07) is 11.0. The second kappa shape index (κ2) is 8.84. The molecule has 168 valence electrons. The highest BCUT2D eigenvalue weighted by Gasteiger charge is 2.35. The topological polar surface area (TPSA) is 79.4 Å². The average Bonchev–Trinajstić information content (AvgIpc) is 3.51. The van der Waals surface area contributed by atoms with Crippen molar-refractivity contribution in [1.29, 1.82) is 0 Å². The average molecular weight is 457 g/mol. The molecule has 9 heteroatoms. The molecule has 1 saturated heterocycles. The van der Waals surface area contributed by atoms with Crippen LogP contribution in [0, 0.1) is 0 Å². The van der Waals surface area contributed by atoms with Gasteiger partial charge in [-0.3, -0.25) is 9.69 Å². The van der Waals surface area contributed by atoms with Gasteiger partial charge in [0.25, 0.3) is 5.91 Å². The van der Waals surface area contributed by atoms with Gasteiger partial charge in [0.05, 0.1) is 26.9 Å². The van der Waals surface area contributed by atoms with E-state index in [0.29, 0.717) is 46.8 Å². The number of carbonyl (C=O) groups excluding carboxylic acids is 1. The molecule has 2 aromatic carbocycles. The Kier molecular flexibility index (Phi) is 5.75. The number of anilines is 1. The molecule has 3 aromatic rings. The number of thiazole rings is 1. The van der Waals surface area contributed by atoms with Gasteiger partial charge in [0.15, 0.2) is 16.6 Å². The van der Waals surface area contributed by atoms with Crippen molar-refractivity contribution in [3.63, 3.8) is 0 Å². The minimum Gasteiger partial charge on any atom is -0.495 e. The molecule has 0 saturated carbocycles. The van der Waals surface area contributed by atoms with Crippen molar-refractivity contribution in [1.82, 2.24) is 4.98 Å². The number of benzene rings is 2. The fraction of sp³-hybridized carbons (Fsp3) is 0.391. The van der Waals surface area contributed by atoms with Gasteiger partial charge in [-0.05, 0) is 37.1 Å². The predicted octanol–water partition coefficient (Wildman–Crippen LogP) is 3.67. The summed E-state index contributed by atoms with van der Waals surface area (Å²) < 4.78 is 29.4. The van der Waals surface area contributed by atoms with E-state index >= 15 is 0 Å². The summed E-state index contributed by atoms with van der Waals surface area (Å²) in [5.74, 6) is 2.28. The van der Waals surface area contributed by atoms with E-state index in [2.05, 4.69) is 0 Å². The Morgan fingerprint density at radius 1 is 1.16 bits per heavy atom. The van der Waals surface area contributed by atoms with Crippen molar-refractivity contribution in [3.05, 3.63) is 36.4 Å². The number of nitrogens with zero attached hydrogens (tertiary/aromatic N) is 2. The van der Waals surface area contributed by atoms with Gasteiger partial charge in [-0.1, -0.05) is 23.5 Å². The van der Waals surface area contributed by atoms with Crippen LogP contribution in [0.2, 0.25) is 0 Å². The summed E-state index contributed by atoms with van der Waals surface area (Å²) in [6.07, 6.45) is 1.05. The number of hydrogen-bond donors (Lipinski definition) is 0. The molecular weight excluding hydrogens is 432 g/mol. The normalized spacial score (nSPS) is 19.7. The molecule has 2 unspecified atom stereocenters. The first kappa shape index (κ1) is 20.8. The first-order valence-electron chi connectivity index (χ1n) is 10.5. The second-order valence-electron chi connectivity index (χ2n) is 7.59. The molecule has 2 atom stereocenters. The smallest absolute Gasteiger partial charge is 0.273 e. The van der Waals surface area contributed by atoms with E-state index in [4.69, 9.17) is 28.7 Å². The molecule has 0 radical (unpaired) electrons. The number of carbonyl (C=O) groups is 1. The van der Waals surface area contributed by atoms with Crippen LogP contribution >= 0.6 is 11.3 Å². The van der Waals surface area contributed by atoms with Crippen LogP contribution in [0.25, 0.3) is 10.2 Å². The van der Waals surface area contributed by atoms with Gasteiger partial charge in [-0.15, -0.1) is 0 Å². The van der Waals surface area contributed by atoms with E-state index in [-0.39, 0.29) is 18.6 Å². The van der Waals surface area contributed by atoms with E-state index in [9.17, 15) is 4.79 Å². The van der Waals surface area contributed by atoms with Crippen molar-refractivity contribution >= 4 is 32.6 Å². The monoisotopic (exact) mass is 456 g/mol. The van der Waals surface area contributed by atoms with Crippen molar-refractivity contribution in [2.75, 3.05) is 38.9 Å². The maximum absolute atomic E-state index is 13.7. The number of hydrogen-bond acceptors (Lipinski definition) is 8. The number of para-hydroxylation sites is 2. The van der Waals surface area contributed by atoms with E-state index in [1.807, 2.05) is 30.3 Å². The zero-order valence-electron chi connectivity index (χ0n) is 17.9. The summed E-state index contributed by atoms with van der Waals surface area (Å²) in [6.45, 7) is 1.23. The Bertz CT molecular complexity index is 1090. The Hall–Kier alpha value is -3.04. The van der Waals surface area contributed by atoms with Gasteiger partial charge >= 0.3 is 0 Å². The van der Waals surface area contributed by atoms with Crippen molar-refractivity contribution < 1.29 is 28.5 Å². The van der Waals surface area contributed by atoms with Crippen LogP contribution < -0.4 is 23.8 Å². The minimum atomic E-state index is -0.776. The van der Waals surface area contributed by atoms with E-state index < -0.39 is 6.10 Å². The summed E-state index contributed by atoms with van der Waals surface area (Å²) >= 11 is 1.38. The molecule has 2 aliphatic rings. The predicted molar refractivity (Wildman–Crippen MR) is 120 cm³/mol. The van der Waals surface area contributed by atoms with Gasteiger partial charge in [0.1, 0.15) is 28.3 Å². The van der Waals surface area contributed by atoms with Gasteiger partial charge in [-0.25, -0.2) is 4.98 Å². The van der Waals surface area contributed by atoms with Crippen LogP contribution in [0.3, 0.4) is 0 Å². The fourth-order valence-corrected chi connectivity index (χ4v) is 5.05. The van der Waals surface area contributed by atoms with E-state index in [1.54, 1.807) is 25.2 Å². The molecule has 0 bridgehead atoms. The summed E-state index contributed by atoms with van der Waals surface area (Å²) in [4.78, 5) is 20.1. The molecule has 1 amide bonds. The lowest BCUT2D eigenvalue weighted by Crippen LogP contribution is -2.48. The molecule has 1 aromatic heterocycles. The Morgan fingerprint density at radius 2 is 1.94 bits per heavy atom. The molecule has 5 rings (SSSR count). The molecule has 0 aliphatic carbocycles. The standard InChI is InChI=1S/C23H24N2O6S/c1-27-17-9-10-18(28-2)21-20(17)24-23(32-21)25(12-14-6-5-11-29-14)22(26)19-13-30-15-7-3-4-8-16(15)31-19/h3-4,7-10,14,19H,5-6,11-13H2,1-2H3. The van der Waals surface area contributed by atoms with Crippen LogP contribution in [-0.2, 0) is 9.53 Å². The number of fused-ring (bicyclic) bond motifs is 2. The highest BCUT2D eigenvalue weighted by atomic mass is 32.1. The van der Waals surface area contributed by atoms with E-state index in [1.165, 1.54) is 11.3 Å². The van der Waals surface area contributed by atoms with Gasteiger partial charge < -0.3 is 23.7 Å². The third kappa shape index (κ3) is 3.82. The first-order valence-corrected chi connectivity index (χ1v) is 11.3. The number of amides is 1. The molecule has 32 heavy (non-hydrogen) atoms. The zero-order chi connectivity index (χ0) is 22.1. The molecule has 0 N–H and O–H groups in total. The molecule has 2 aliphatic heterocycles. The number of methoxy groups -OCH3 is 2. The molecular formula is C23H24N2O6S. The Labute approximate surface area is 189 Å². The third-order valence-electron chi connectivity index (χ3n) is 5.59. The highest BCUT2D eigenvalue weighted by molar-refractivity contribution is 7.22. The SMILES string of the molecule is COc1ccc(OC)c2sc(N(CC3CCCO3)C(=O)C3COc4ccccc4O3)nc12. The molecule has 0 spiro atoms. The molecule has 3 heterocycles. The van der Waals surface area contributed by atoms with Gasteiger partial charge in [-0.2, -0.15) is 0 Å². The number of ether oxygens (including phenoxy) is 5. The van der Waals surface area contributed by atoms with Crippen molar-refractivity contribution in [2.24, 2.45) is 0 Å². The maximum atomic E-state index is 13.7. The van der Waals surface area contributed by atoms with Crippen LogP contribution in [0.5, 0.6) is 23.0 Å². The van der Waals surface area contributed by atoms with Gasteiger partial charge in [0.2, 0.25) is 6.10 Å². The van der Waals surface area contributed by atoms with Crippen LogP contribution in [-0.4, -0.2) is 57.1 Å². The lowest BCUT2D eigenvalue weighted by Gasteiger charge is -2.30. The second-order valence-corrected chi connectivity index (χ2v) is 8.57. The van der Waals surface area contributed by atoms with Crippen LogP contribution in [0.4, 0.5) is 5.13 Å². The quantitative estimate of drug-likeness (QED) is 0.560. The fourth-order valence-electron chi connectivity index (χ4n) is 3.96. The van der Waals surface area contributed by atoms with E-state index in [0.717, 1.165) is 17.5 Å². The lowest BCUT2D eigenvalue weighted by molar-refractivity contribution is -0.128. The Balaban J connectivity index is 1.50. The minimum absolute atomic E-state index is 0.0495. The van der Waals surface area contributed by atoms with Gasteiger partial charge in [0, 0.05) is 6.61 Å².